The van der Waals surface area contributed by atoms with Gasteiger partial charge in [0.1, 0.15) is 5.76 Å². The molecule has 2 aromatic heterocycles. The van der Waals surface area contributed by atoms with Crippen molar-refractivity contribution in [3.8, 4) is 6.07 Å². The van der Waals surface area contributed by atoms with Gasteiger partial charge >= 0.3 is 6.18 Å². The number of rotatable bonds is 4. The van der Waals surface area contributed by atoms with Gasteiger partial charge in [-0.05, 0) is 54.6 Å². The van der Waals surface area contributed by atoms with E-state index < -0.39 is 17.6 Å². The van der Waals surface area contributed by atoms with Crippen molar-refractivity contribution in [1.82, 2.24) is 9.55 Å². The number of nitrogens with zero attached hydrogens (tertiary/aromatic N) is 3. The smallest absolute Gasteiger partial charge is 0.416 e. The van der Waals surface area contributed by atoms with Crippen LogP contribution in [0, 0.1) is 11.3 Å². The van der Waals surface area contributed by atoms with E-state index >= 15 is 0 Å². The quantitative estimate of drug-likeness (QED) is 0.523. The molecule has 4 rings (SSSR count). The Kier molecular flexibility index (Phi) is 4.75. The van der Waals surface area contributed by atoms with Crippen LogP contribution in [-0.2, 0) is 12.7 Å². The number of carbonyl (C=O) groups is 1. The normalized spacial score (nSPS) is 11.4. The third kappa shape index (κ3) is 3.75. The predicted octanol–water partition coefficient (Wildman–Crippen LogP) is 4.82. The van der Waals surface area contributed by atoms with Crippen molar-refractivity contribution in [1.29, 1.82) is 5.26 Å². The largest absolute Gasteiger partial charge is 0.467 e. The number of furan rings is 1. The molecule has 1 N–H and O–H groups in total. The van der Waals surface area contributed by atoms with E-state index in [1.54, 1.807) is 16.7 Å². The number of benzene rings is 2. The lowest BCUT2D eigenvalue weighted by Gasteiger charge is -2.09. The van der Waals surface area contributed by atoms with Crippen LogP contribution in [-0.4, -0.2) is 15.5 Å². The number of hydrogen-bond acceptors (Lipinski definition) is 4. The second kappa shape index (κ2) is 7.40. The highest BCUT2D eigenvalue weighted by Gasteiger charge is 2.31. The van der Waals surface area contributed by atoms with Gasteiger partial charge in [-0.15, -0.1) is 0 Å². The first-order valence-corrected chi connectivity index (χ1v) is 8.76. The molecule has 0 bridgehead atoms. The van der Waals surface area contributed by atoms with E-state index in [1.807, 2.05) is 6.07 Å². The maximum Gasteiger partial charge on any atom is 0.416 e. The monoisotopic (exact) mass is 410 g/mol. The summed E-state index contributed by atoms with van der Waals surface area (Å²) in [5.74, 6) is 0.115. The molecule has 0 aliphatic heterocycles. The van der Waals surface area contributed by atoms with Crippen LogP contribution in [0.4, 0.5) is 19.1 Å². The van der Waals surface area contributed by atoms with Gasteiger partial charge in [0.2, 0.25) is 5.95 Å². The Morgan fingerprint density at radius 2 is 1.93 bits per heavy atom. The Labute approximate surface area is 168 Å². The second-order valence-electron chi connectivity index (χ2n) is 6.45. The number of alkyl halides is 3. The summed E-state index contributed by atoms with van der Waals surface area (Å²) >= 11 is 0. The molecule has 0 saturated carbocycles. The molecule has 1 amide bonds. The van der Waals surface area contributed by atoms with Crippen LogP contribution in [0.1, 0.15) is 27.2 Å². The minimum absolute atomic E-state index is 0.0788. The van der Waals surface area contributed by atoms with Crippen LogP contribution in [0.25, 0.3) is 11.0 Å². The molecule has 0 fully saturated rings. The lowest BCUT2D eigenvalue weighted by molar-refractivity contribution is -0.137. The average Bonchev–Trinajstić information content (AvgIpc) is 3.35. The molecular formula is C21H13F3N4O2. The number of aromatic nitrogens is 2. The molecular weight excluding hydrogens is 397 g/mol. The summed E-state index contributed by atoms with van der Waals surface area (Å²) in [4.78, 5) is 16.8. The highest BCUT2D eigenvalue weighted by molar-refractivity contribution is 6.04. The summed E-state index contributed by atoms with van der Waals surface area (Å²) < 4.78 is 46.1. The van der Waals surface area contributed by atoms with Crippen molar-refractivity contribution >= 4 is 22.9 Å². The number of halogens is 3. The van der Waals surface area contributed by atoms with Crippen LogP contribution >= 0.6 is 0 Å². The molecule has 0 atom stereocenters. The van der Waals surface area contributed by atoms with Crippen LogP contribution in [0.2, 0.25) is 0 Å². The van der Waals surface area contributed by atoms with E-state index in [4.69, 9.17) is 9.68 Å². The van der Waals surface area contributed by atoms with Gasteiger partial charge in [0.25, 0.3) is 5.91 Å². The molecule has 2 aromatic carbocycles. The molecule has 4 aromatic rings. The highest BCUT2D eigenvalue weighted by atomic mass is 19.4. The summed E-state index contributed by atoms with van der Waals surface area (Å²) in [6, 6.07) is 14.5. The molecule has 2 heterocycles. The predicted molar refractivity (Wildman–Crippen MR) is 102 cm³/mol. The lowest BCUT2D eigenvalue weighted by atomic mass is 10.1. The van der Waals surface area contributed by atoms with E-state index in [0.717, 1.165) is 12.1 Å². The van der Waals surface area contributed by atoms with Crippen LogP contribution < -0.4 is 5.32 Å². The van der Waals surface area contributed by atoms with Crippen molar-refractivity contribution in [2.24, 2.45) is 0 Å². The Balaban J connectivity index is 1.74. The van der Waals surface area contributed by atoms with Gasteiger partial charge in [-0.25, -0.2) is 4.98 Å². The fourth-order valence-corrected chi connectivity index (χ4v) is 2.99. The van der Waals surface area contributed by atoms with Crippen LogP contribution in [0.5, 0.6) is 0 Å². The Bertz CT molecular complexity index is 1250. The summed E-state index contributed by atoms with van der Waals surface area (Å²) in [6.45, 7) is 0.165. The van der Waals surface area contributed by atoms with Crippen molar-refractivity contribution in [3.63, 3.8) is 0 Å². The van der Waals surface area contributed by atoms with Gasteiger partial charge in [0, 0.05) is 5.56 Å². The molecule has 6 nitrogen and oxygen atoms in total. The van der Waals surface area contributed by atoms with Crippen LogP contribution in [0.15, 0.2) is 65.3 Å². The second-order valence-corrected chi connectivity index (χ2v) is 6.45. The number of imidazole rings is 1. The lowest BCUT2D eigenvalue weighted by Crippen LogP contribution is -2.16. The van der Waals surface area contributed by atoms with Crippen molar-refractivity contribution in [2.75, 3.05) is 5.32 Å². The fraction of sp³-hybridized carbons (Fsp3) is 0.0952. The maximum absolute atomic E-state index is 13.1. The zero-order chi connectivity index (χ0) is 21.3. The number of fused-ring (bicyclic) bond motifs is 1. The SMILES string of the molecule is N#Cc1ccc(C(=O)Nc2nc3cc(C(F)(F)F)ccc3n2Cc2ccco2)cc1. The summed E-state index contributed by atoms with van der Waals surface area (Å²) in [7, 11) is 0. The molecule has 9 heteroatoms. The zero-order valence-corrected chi connectivity index (χ0v) is 15.3. The number of nitriles is 1. The van der Waals surface area contributed by atoms with E-state index in [9.17, 15) is 18.0 Å². The molecule has 0 unspecified atom stereocenters. The first-order valence-electron chi connectivity index (χ1n) is 8.76. The minimum Gasteiger partial charge on any atom is -0.467 e. The van der Waals surface area contributed by atoms with Crippen molar-refractivity contribution < 1.29 is 22.4 Å². The molecule has 0 spiro atoms. The molecule has 0 aliphatic carbocycles. The van der Waals surface area contributed by atoms with Crippen molar-refractivity contribution in [2.45, 2.75) is 12.7 Å². The Hall–Kier alpha value is -4.06. The minimum atomic E-state index is -4.51. The summed E-state index contributed by atoms with van der Waals surface area (Å²) in [5, 5.41) is 11.5. The molecule has 0 aliphatic rings. The van der Waals surface area contributed by atoms with Gasteiger partial charge in [-0.3, -0.25) is 10.1 Å². The average molecular weight is 410 g/mol. The Morgan fingerprint density at radius 1 is 1.17 bits per heavy atom. The molecule has 0 saturated heterocycles. The first kappa shape index (κ1) is 19.3. The van der Waals surface area contributed by atoms with Gasteiger partial charge in [-0.2, -0.15) is 18.4 Å². The number of amides is 1. The van der Waals surface area contributed by atoms with E-state index in [2.05, 4.69) is 10.3 Å². The first-order chi connectivity index (χ1) is 14.3. The molecule has 0 radical (unpaired) electrons. The van der Waals surface area contributed by atoms with E-state index in [1.165, 1.54) is 36.6 Å². The van der Waals surface area contributed by atoms with E-state index in [-0.39, 0.29) is 23.6 Å². The number of nitrogens with one attached hydrogen (secondary N) is 1. The molecule has 30 heavy (non-hydrogen) atoms. The van der Waals surface area contributed by atoms with E-state index in [0.29, 0.717) is 16.8 Å². The maximum atomic E-state index is 13.1. The summed E-state index contributed by atoms with van der Waals surface area (Å²) in [5.41, 5.74) is 0.349. The van der Waals surface area contributed by atoms with Gasteiger partial charge in [0.05, 0.1) is 41.0 Å². The van der Waals surface area contributed by atoms with Gasteiger partial charge in [-0.1, -0.05) is 0 Å². The van der Waals surface area contributed by atoms with Crippen molar-refractivity contribution in [3.05, 3.63) is 83.3 Å². The standard InChI is InChI=1S/C21H13F3N4O2/c22-21(23,24)15-7-8-18-17(10-15)26-20(28(18)12-16-2-1-9-30-16)27-19(29)14-5-3-13(11-25)4-6-14/h1-10H,12H2,(H,26,27,29). The van der Waals surface area contributed by atoms with Crippen LogP contribution in [0.3, 0.4) is 0 Å². The topological polar surface area (TPSA) is 83.9 Å². The summed E-state index contributed by atoms with van der Waals surface area (Å²) in [6.07, 6.45) is -3.03. The number of anilines is 1. The zero-order valence-electron chi connectivity index (χ0n) is 15.3. The Morgan fingerprint density at radius 3 is 2.57 bits per heavy atom. The van der Waals surface area contributed by atoms with Gasteiger partial charge < -0.3 is 8.98 Å². The third-order valence-electron chi connectivity index (χ3n) is 4.47. The molecule has 150 valence electrons. The highest BCUT2D eigenvalue weighted by Crippen LogP contribution is 2.32. The van der Waals surface area contributed by atoms with Gasteiger partial charge in [0.15, 0.2) is 0 Å². The number of carbonyl (C=O) groups excluding carboxylic acids is 1. The third-order valence-corrected chi connectivity index (χ3v) is 4.47. The number of hydrogen-bond donors (Lipinski definition) is 1. The fourth-order valence-electron chi connectivity index (χ4n) is 2.99.